The standard InChI is InChI=1S/C16H31O4P.C16H31O3P/c1-12(11-21-18-5)7-6-8-13(2)15-14(9-10-17)19-16(3,4)20-15;1-7-14-15(19-16(4,5)18-14)13(3)10-8-9-12(2)11-20-17-6/h6,8,12-15,17,21H,7,9-11H2,1-5H3;8,10,12-15,20H,7,9,11H2,1-6H3/b8-6-;10-8-/t2*12-,13?,14+,15-/m11/s1. The first kappa shape index (κ1) is 39.1. The molecule has 2 aliphatic heterocycles. The highest BCUT2D eigenvalue weighted by molar-refractivity contribution is 7.32. The van der Waals surface area contributed by atoms with Crippen molar-refractivity contribution >= 4 is 17.6 Å². The second kappa shape index (κ2) is 20.2. The van der Waals surface area contributed by atoms with Crippen LogP contribution in [0, 0.1) is 23.7 Å². The number of hydrogen-bond donors (Lipinski definition) is 1. The van der Waals surface area contributed by atoms with E-state index in [1.165, 1.54) is 0 Å². The van der Waals surface area contributed by atoms with Crippen molar-refractivity contribution in [2.45, 2.75) is 124 Å². The van der Waals surface area contributed by atoms with Crippen LogP contribution in [0.15, 0.2) is 24.3 Å². The van der Waals surface area contributed by atoms with E-state index in [4.69, 9.17) is 33.1 Å². The first-order chi connectivity index (χ1) is 19.3. The second-order valence-corrected chi connectivity index (χ2v) is 14.8. The van der Waals surface area contributed by atoms with E-state index < -0.39 is 11.6 Å². The van der Waals surface area contributed by atoms with Gasteiger partial charge in [0.15, 0.2) is 11.6 Å². The lowest BCUT2D eigenvalue weighted by molar-refractivity contribution is -0.149. The van der Waals surface area contributed by atoms with E-state index in [-0.39, 0.29) is 36.9 Å². The SMILES string of the molecule is CC[C@@H]1OC(C)(C)O[C@@H]1C(C)/C=C\C[C@@H](C)CPOC.COPC[C@H](C)C/C=C\C(C)[C@H]1OC(C)(C)O[C@H]1CCO. The van der Waals surface area contributed by atoms with Crippen molar-refractivity contribution in [2.24, 2.45) is 23.7 Å². The van der Waals surface area contributed by atoms with Gasteiger partial charge >= 0.3 is 0 Å². The summed E-state index contributed by atoms with van der Waals surface area (Å²) in [4.78, 5) is 0. The molecule has 0 spiro atoms. The molecule has 0 amide bonds. The maximum atomic E-state index is 9.16. The fourth-order valence-electron chi connectivity index (χ4n) is 5.17. The number of allylic oxidation sites excluding steroid dienone is 2. The van der Waals surface area contributed by atoms with Crippen molar-refractivity contribution in [1.29, 1.82) is 0 Å². The molecule has 10 atom stereocenters. The summed E-state index contributed by atoms with van der Waals surface area (Å²) in [6.07, 6.45) is 15.4. The highest BCUT2D eigenvalue weighted by Gasteiger charge is 2.43. The maximum Gasteiger partial charge on any atom is 0.163 e. The molecule has 0 aromatic rings. The topological polar surface area (TPSA) is 75.6 Å². The van der Waals surface area contributed by atoms with Crippen LogP contribution in [0.1, 0.15) is 88.0 Å². The minimum Gasteiger partial charge on any atom is -0.396 e. The van der Waals surface area contributed by atoms with Gasteiger partial charge in [-0.2, -0.15) is 0 Å². The van der Waals surface area contributed by atoms with Gasteiger partial charge in [-0.15, -0.1) is 0 Å². The zero-order chi connectivity index (χ0) is 31.1. The van der Waals surface area contributed by atoms with Crippen molar-refractivity contribution in [1.82, 2.24) is 0 Å². The lowest BCUT2D eigenvalue weighted by Crippen LogP contribution is -2.29. The average molecular weight is 621 g/mol. The van der Waals surface area contributed by atoms with E-state index in [9.17, 15) is 0 Å². The molecule has 0 bridgehead atoms. The van der Waals surface area contributed by atoms with Gasteiger partial charge < -0.3 is 33.1 Å². The molecule has 2 heterocycles. The molecule has 7 nitrogen and oxygen atoms in total. The molecule has 2 fully saturated rings. The quantitative estimate of drug-likeness (QED) is 0.132. The van der Waals surface area contributed by atoms with E-state index in [0.29, 0.717) is 41.8 Å². The normalized spacial score (nSPS) is 29.1. The first-order valence-corrected chi connectivity index (χ1v) is 17.7. The Bertz CT molecular complexity index is 746. The molecule has 0 saturated carbocycles. The van der Waals surface area contributed by atoms with Gasteiger partial charge in [-0.25, -0.2) is 0 Å². The Morgan fingerprint density at radius 3 is 1.54 bits per heavy atom. The molecule has 0 aromatic carbocycles. The number of aliphatic hydroxyl groups is 1. The zero-order valence-electron chi connectivity index (χ0n) is 27.8. The highest BCUT2D eigenvalue weighted by Crippen LogP contribution is 2.35. The Labute approximate surface area is 255 Å². The van der Waals surface area contributed by atoms with E-state index in [1.807, 2.05) is 27.7 Å². The fourth-order valence-corrected chi connectivity index (χ4v) is 6.41. The molecule has 2 aliphatic rings. The molecular weight excluding hydrogens is 558 g/mol. The van der Waals surface area contributed by atoms with Gasteiger partial charge in [0.25, 0.3) is 0 Å². The lowest BCUT2D eigenvalue weighted by Gasteiger charge is -2.21. The first-order valence-electron chi connectivity index (χ1n) is 15.5. The van der Waals surface area contributed by atoms with Gasteiger partial charge in [0.05, 0.1) is 24.4 Å². The zero-order valence-corrected chi connectivity index (χ0v) is 29.8. The molecule has 2 rings (SSSR count). The van der Waals surface area contributed by atoms with Crippen molar-refractivity contribution in [3.63, 3.8) is 0 Å². The summed E-state index contributed by atoms with van der Waals surface area (Å²) in [6, 6.07) is 0. The fraction of sp³-hybridized carbons (Fsp3) is 0.875. The van der Waals surface area contributed by atoms with Crippen molar-refractivity contribution in [3.05, 3.63) is 24.3 Å². The van der Waals surface area contributed by atoms with Crippen LogP contribution < -0.4 is 0 Å². The van der Waals surface area contributed by atoms with Crippen LogP contribution >= 0.6 is 17.6 Å². The number of rotatable bonds is 17. The minimum atomic E-state index is -0.556. The molecular formula is C32H62O7P2. The number of aliphatic hydroxyl groups excluding tert-OH is 1. The second-order valence-electron chi connectivity index (χ2n) is 12.6. The highest BCUT2D eigenvalue weighted by atomic mass is 31.1. The van der Waals surface area contributed by atoms with E-state index in [0.717, 1.165) is 31.6 Å². The van der Waals surface area contributed by atoms with Crippen LogP contribution in [0.2, 0.25) is 0 Å². The van der Waals surface area contributed by atoms with Crippen LogP contribution in [0.5, 0.6) is 0 Å². The number of hydrogen-bond acceptors (Lipinski definition) is 7. The van der Waals surface area contributed by atoms with Gasteiger partial charge in [-0.1, -0.05) is 58.9 Å². The van der Waals surface area contributed by atoms with Gasteiger partial charge in [0, 0.05) is 50.3 Å². The Morgan fingerprint density at radius 1 is 0.732 bits per heavy atom. The predicted octanol–water partition coefficient (Wildman–Crippen LogP) is 7.72. The third-order valence-corrected chi connectivity index (χ3v) is 9.71. The van der Waals surface area contributed by atoms with Crippen molar-refractivity contribution < 1.29 is 33.1 Å². The minimum absolute atomic E-state index is 0.0135. The van der Waals surface area contributed by atoms with Crippen LogP contribution in [0.4, 0.5) is 0 Å². The molecule has 1 N–H and O–H groups in total. The average Bonchev–Trinajstić information content (AvgIpc) is 3.40. The molecule has 0 aromatic heterocycles. The summed E-state index contributed by atoms with van der Waals surface area (Å²) < 4.78 is 34.1. The Balaban J connectivity index is 0.000000410. The van der Waals surface area contributed by atoms with Crippen LogP contribution in [0.3, 0.4) is 0 Å². The summed E-state index contributed by atoms with van der Waals surface area (Å²) in [5.41, 5.74) is 0. The third kappa shape index (κ3) is 15.6. The van der Waals surface area contributed by atoms with Crippen LogP contribution in [-0.4, -0.2) is 74.2 Å². The van der Waals surface area contributed by atoms with E-state index in [2.05, 4.69) is 58.9 Å². The lowest BCUT2D eigenvalue weighted by atomic mass is 9.96. The molecule has 0 radical (unpaired) electrons. The van der Waals surface area contributed by atoms with E-state index in [1.54, 1.807) is 14.2 Å². The summed E-state index contributed by atoms with van der Waals surface area (Å²) in [5.74, 6) is 0.979. The van der Waals surface area contributed by atoms with Gasteiger partial charge in [-0.05, 0) is 77.5 Å². The molecule has 9 heteroatoms. The Kier molecular flexibility index (Phi) is 19.2. The summed E-state index contributed by atoms with van der Waals surface area (Å²) in [6.45, 7) is 19.0. The van der Waals surface area contributed by atoms with Crippen LogP contribution in [-0.2, 0) is 28.0 Å². The summed E-state index contributed by atoms with van der Waals surface area (Å²) in [5, 5.41) is 9.16. The molecule has 4 unspecified atom stereocenters. The number of ether oxygens (including phenoxy) is 4. The van der Waals surface area contributed by atoms with Gasteiger partial charge in [-0.3, -0.25) is 0 Å². The summed E-state index contributed by atoms with van der Waals surface area (Å²) >= 11 is 0. The predicted molar refractivity (Wildman–Crippen MR) is 174 cm³/mol. The third-order valence-electron chi connectivity index (χ3n) is 7.40. The Hall–Kier alpha value is 0.0600. The van der Waals surface area contributed by atoms with E-state index >= 15 is 0 Å². The van der Waals surface area contributed by atoms with Crippen LogP contribution in [0.25, 0.3) is 0 Å². The van der Waals surface area contributed by atoms with Gasteiger partial charge in [0.2, 0.25) is 0 Å². The molecule has 41 heavy (non-hydrogen) atoms. The largest absolute Gasteiger partial charge is 0.396 e. The molecule has 2 saturated heterocycles. The monoisotopic (exact) mass is 620 g/mol. The van der Waals surface area contributed by atoms with Crippen molar-refractivity contribution in [3.8, 4) is 0 Å². The van der Waals surface area contributed by atoms with Gasteiger partial charge in [0.1, 0.15) is 0 Å². The Morgan fingerprint density at radius 2 is 1.15 bits per heavy atom. The smallest absolute Gasteiger partial charge is 0.163 e. The van der Waals surface area contributed by atoms with Crippen molar-refractivity contribution in [2.75, 3.05) is 33.2 Å². The molecule has 0 aliphatic carbocycles. The maximum absolute atomic E-state index is 9.16. The molecule has 242 valence electrons. The summed E-state index contributed by atoms with van der Waals surface area (Å²) in [7, 11) is 4.73.